The second-order valence-corrected chi connectivity index (χ2v) is 4.05. The van der Waals surface area contributed by atoms with E-state index in [2.05, 4.69) is 23.9 Å². The van der Waals surface area contributed by atoms with Gasteiger partial charge in [0.05, 0.1) is 6.04 Å². The molecular formula is C12H17N3O. The number of rotatable bonds is 5. The highest BCUT2D eigenvalue weighted by molar-refractivity contribution is 5.26. The summed E-state index contributed by atoms with van der Waals surface area (Å²) in [6.07, 6.45) is 0.463. The van der Waals surface area contributed by atoms with E-state index in [-0.39, 0.29) is 12.6 Å². The number of aliphatic hydroxyl groups is 1. The van der Waals surface area contributed by atoms with Gasteiger partial charge in [0.25, 0.3) is 0 Å². The molecule has 4 heteroatoms. The lowest BCUT2D eigenvalue weighted by molar-refractivity contribution is 0.276. The summed E-state index contributed by atoms with van der Waals surface area (Å²) >= 11 is 0. The van der Waals surface area contributed by atoms with Crippen LogP contribution in [0.5, 0.6) is 0 Å². The molecule has 86 valence electrons. The van der Waals surface area contributed by atoms with Crippen LogP contribution in [0.4, 0.5) is 0 Å². The Kier molecular flexibility index (Phi) is 4.83. The van der Waals surface area contributed by atoms with Crippen LogP contribution in [0.15, 0.2) is 29.4 Å². The maximum absolute atomic E-state index is 8.88. The van der Waals surface area contributed by atoms with Gasteiger partial charge < -0.3 is 5.11 Å². The second-order valence-electron chi connectivity index (χ2n) is 4.05. The third-order valence-electron chi connectivity index (χ3n) is 2.58. The Morgan fingerprint density at radius 3 is 2.25 bits per heavy atom. The van der Waals surface area contributed by atoms with E-state index >= 15 is 0 Å². The fourth-order valence-corrected chi connectivity index (χ4v) is 1.58. The lowest BCUT2D eigenvalue weighted by Gasteiger charge is -2.11. The molecule has 4 nitrogen and oxygen atoms in total. The normalized spacial score (nSPS) is 12.2. The van der Waals surface area contributed by atoms with Gasteiger partial charge >= 0.3 is 0 Å². The summed E-state index contributed by atoms with van der Waals surface area (Å²) in [5, 5.41) is 12.6. The van der Waals surface area contributed by atoms with E-state index < -0.39 is 0 Å². The minimum atomic E-state index is -0.267. The Morgan fingerprint density at radius 1 is 1.25 bits per heavy atom. The van der Waals surface area contributed by atoms with Crippen LogP contribution in [0.25, 0.3) is 10.4 Å². The Bertz CT molecular complexity index is 366. The summed E-state index contributed by atoms with van der Waals surface area (Å²) in [5.74, 6) is 0.491. The van der Waals surface area contributed by atoms with E-state index in [4.69, 9.17) is 10.6 Å². The summed E-state index contributed by atoms with van der Waals surface area (Å²) in [4.78, 5) is 2.80. The predicted octanol–water partition coefficient (Wildman–Crippen LogP) is 3.54. The molecule has 0 aliphatic heterocycles. The van der Waals surface area contributed by atoms with Crippen molar-refractivity contribution >= 4 is 0 Å². The van der Waals surface area contributed by atoms with Crippen LogP contribution < -0.4 is 0 Å². The highest BCUT2D eigenvalue weighted by Crippen LogP contribution is 2.23. The molecule has 16 heavy (non-hydrogen) atoms. The van der Waals surface area contributed by atoms with Crippen LogP contribution in [0.2, 0.25) is 0 Å². The third kappa shape index (κ3) is 3.26. The average Bonchev–Trinajstić information content (AvgIpc) is 2.29. The SMILES string of the molecule is CC(C)c1ccc(C(CCO)N=[N+]=[N-])cc1. The van der Waals surface area contributed by atoms with Crippen LogP contribution in [0.3, 0.4) is 0 Å². The smallest absolute Gasteiger partial charge is 0.0647 e. The Balaban J connectivity index is 2.89. The van der Waals surface area contributed by atoms with Crippen molar-refractivity contribution in [2.45, 2.75) is 32.2 Å². The highest BCUT2D eigenvalue weighted by Gasteiger charge is 2.09. The van der Waals surface area contributed by atoms with Crippen molar-refractivity contribution in [3.8, 4) is 0 Å². The monoisotopic (exact) mass is 219 g/mol. The highest BCUT2D eigenvalue weighted by atomic mass is 16.3. The topological polar surface area (TPSA) is 69.0 Å². The lowest BCUT2D eigenvalue weighted by atomic mass is 9.98. The van der Waals surface area contributed by atoms with Crippen LogP contribution >= 0.6 is 0 Å². The third-order valence-corrected chi connectivity index (χ3v) is 2.58. The molecule has 0 heterocycles. The number of nitrogens with zero attached hydrogens (tertiary/aromatic N) is 3. The minimum Gasteiger partial charge on any atom is -0.396 e. The summed E-state index contributed by atoms with van der Waals surface area (Å²) in [6.45, 7) is 4.29. The summed E-state index contributed by atoms with van der Waals surface area (Å²) in [7, 11) is 0. The van der Waals surface area contributed by atoms with E-state index in [1.165, 1.54) is 5.56 Å². The van der Waals surface area contributed by atoms with Crippen molar-refractivity contribution in [3.05, 3.63) is 45.8 Å². The largest absolute Gasteiger partial charge is 0.396 e. The van der Waals surface area contributed by atoms with Crippen LogP contribution in [0.1, 0.15) is 43.4 Å². The fourth-order valence-electron chi connectivity index (χ4n) is 1.58. The number of hydrogen-bond acceptors (Lipinski definition) is 2. The van der Waals surface area contributed by atoms with Crippen LogP contribution in [0, 0.1) is 0 Å². The summed E-state index contributed by atoms with van der Waals surface area (Å²) in [6, 6.07) is 7.74. The van der Waals surface area contributed by atoms with E-state index in [1.54, 1.807) is 0 Å². The van der Waals surface area contributed by atoms with Crippen LogP contribution in [-0.2, 0) is 0 Å². The molecule has 0 saturated carbocycles. The van der Waals surface area contributed by atoms with Gasteiger partial charge in [-0.05, 0) is 29.0 Å². The van der Waals surface area contributed by atoms with Gasteiger partial charge in [0.1, 0.15) is 0 Å². The van der Waals surface area contributed by atoms with Gasteiger partial charge in [-0.25, -0.2) is 0 Å². The van der Waals surface area contributed by atoms with Gasteiger partial charge in [-0.2, -0.15) is 0 Å². The number of azide groups is 1. The summed E-state index contributed by atoms with van der Waals surface area (Å²) in [5.41, 5.74) is 10.7. The van der Waals surface area contributed by atoms with Gasteiger partial charge in [0, 0.05) is 11.5 Å². The molecule has 0 radical (unpaired) electrons. The van der Waals surface area contributed by atoms with Crippen molar-refractivity contribution in [1.82, 2.24) is 0 Å². The van der Waals surface area contributed by atoms with Crippen molar-refractivity contribution in [2.75, 3.05) is 6.61 Å². The quantitative estimate of drug-likeness (QED) is 0.459. The van der Waals surface area contributed by atoms with Gasteiger partial charge in [-0.15, -0.1) is 0 Å². The van der Waals surface area contributed by atoms with E-state index in [0.29, 0.717) is 12.3 Å². The number of benzene rings is 1. The zero-order valence-electron chi connectivity index (χ0n) is 9.67. The first kappa shape index (κ1) is 12.6. The molecule has 0 saturated heterocycles. The first-order chi connectivity index (χ1) is 7.69. The zero-order chi connectivity index (χ0) is 12.0. The standard InChI is InChI=1S/C12H17N3O/c1-9(2)10-3-5-11(6-4-10)12(7-8-16)14-15-13/h3-6,9,12,16H,7-8H2,1-2H3. The van der Waals surface area contributed by atoms with Crippen LogP contribution in [-0.4, -0.2) is 11.7 Å². The van der Waals surface area contributed by atoms with Gasteiger partial charge in [0.15, 0.2) is 0 Å². The van der Waals surface area contributed by atoms with E-state index in [1.807, 2.05) is 24.3 Å². The molecule has 0 fully saturated rings. The molecule has 0 aromatic heterocycles. The first-order valence-electron chi connectivity index (χ1n) is 5.44. The Labute approximate surface area is 95.5 Å². The Hall–Kier alpha value is -1.51. The number of aliphatic hydroxyl groups excluding tert-OH is 1. The van der Waals surface area contributed by atoms with E-state index in [9.17, 15) is 0 Å². The van der Waals surface area contributed by atoms with Gasteiger partial charge in [0.2, 0.25) is 0 Å². The molecule has 1 aromatic rings. The lowest BCUT2D eigenvalue weighted by Crippen LogP contribution is -1.98. The molecule has 1 atom stereocenters. The zero-order valence-corrected chi connectivity index (χ0v) is 9.67. The van der Waals surface area contributed by atoms with Gasteiger partial charge in [-0.1, -0.05) is 43.2 Å². The van der Waals surface area contributed by atoms with Crippen molar-refractivity contribution < 1.29 is 5.11 Å². The molecule has 1 rings (SSSR count). The molecule has 0 aliphatic rings. The molecule has 0 aliphatic carbocycles. The summed E-state index contributed by atoms with van der Waals surface area (Å²) < 4.78 is 0. The van der Waals surface area contributed by atoms with E-state index in [0.717, 1.165) is 5.56 Å². The fraction of sp³-hybridized carbons (Fsp3) is 0.500. The number of hydrogen-bond donors (Lipinski definition) is 1. The van der Waals surface area contributed by atoms with Gasteiger partial charge in [-0.3, -0.25) is 0 Å². The second kappa shape index (κ2) is 6.16. The Morgan fingerprint density at radius 2 is 1.81 bits per heavy atom. The molecule has 1 aromatic carbocycles. The minimum absolute atomic E-state index is 0.0234. The molecule has 1 N–H and O–H groups in total. The maximum Gasteiger partial charge on any atom is 0.0647 e. The van der Waals surface area contributed by atoms with Crippen molar-refractivity contribution in [1.29, 1.82) is 0 Å². The average molecular weight is 219 g/mol. The maximum atomic E-state index is 8.88. The molecule has 0 amide bonds. The van der Waals surface area contributed by atoms with Crippen molar-refractivity contribution in [2.24, 2.45) is 5.11 Å². The van der Waals surface area contributed by atoms with Crippen molar-refractivity contribution in [3.63, 3.8) is 0 Å². The molecule has 1 unspecified atom stereocenters. The predicted molar refractivity (Wildman–Crippen MR) is 64.1 cm³/mol. The molecule has 0 bridgehead atoms. The first-order valence-corrected chi connectivity index (χ1v) is 5.44. The molecular weight excluding hydrogens is 202 g/mol. The molecule has 0 spiro atoms.